The average Bonchev–Trinajstić information content (AvgIpc) is 2.93. The topological polar surface area (TPSA) is 79.2 Å². The van der Waals surface area contributed by atoms with E-state index < -0.39 is 15.8 Å². The summed E-state index contributed by atoms with van der Waals surface area (Å²) in [6.45, 7) is 2.91. The smallest absolute Gasteiger partial charge is 0.240 e. The van der Waals surface area contributed by atoms with Gasteiger partial charge in [-0.05, 0) is 31.0 Å². The lowest BCUT2D eigenvalue weighted by Gasteiger charge is -2.17. The van der Waals surface area contributed by atoms with Gasteiger partial charge in [0.2, 0.25) is 10.0 Å². The molecule has 5 nitrogen and oxygen atoms in total. The van der Waals surface area contributed by atoms with E-state index in [1.807, 2.05) is 6.92 Å². The van der Waals surface area contributed by atoms with E-state index in [-0.39, 0.29) is 29.0 Å². The molecule has 1 saturated heterocycles. The predicted molar refractivity (Wildman–Crippen MR) is 74.4 cm³/mol. The van der Waals surface area contributed by atoms with Crippen LogP contribution in [0.3, 0.4) is 0 Å². The zero-order valence-corrected chi connectivity index (χ0v) is 12.5. The second kappa shape index (κ2) is 6.52. The Morgan fingerprint density at radius 1 is 1.52 bits per heavy atom. The molecular formula is C14H17FN2O3S. The third kappa shape index (κ3) is 3.59. The number of ether oxygens (including phenoxy) is 1. The van der Waals surface area contributed by atoms with Gasteiger partial charge < -0.3 is 4.74 Å². The minimum absolute atomic E-state index is 0.0654. The Morgan fingerprint density at radius 3 is 2.95 bits per heavy atom. The third-order valence-corrected chi connectivity index (χ3v) is 5.07. The SMILES string of the molecule is CCC1OCCC1CNS(=O)(=O)c1ccc(F)c(C#N)c1. The Labute approximate surface area is 123 Å². The Kier molecular flexibility index (Phi) is 4.93. The summed E-state index contributed by atoms with van der Waals surface area (Å²) in [7, 11) is -3.75. The van der Waals surface area contributed by atoms with Crippen LogP contribution in [0.15, 0.2) is 23.1 Å². The van der Waals surface area contributed by atoms with Crippen LogP contribution in [0.5, 0.6) is 0 Å². The number of nitrogens with one attached hydrogen (secondary N) is 1. The maximum Gasteiger partial charge on any atom is 0.240 e. The van der Waals surface area contributed by atoms with Gasteiger partial charge in [0.25, 0.3) is 0 Å². The van der Waals surface area contributed by atoms with Crippen molar-refractivity contribution in [2.24, 2.45) is 5.92 Å². The van der Waals surface area contributed by atoms with E-state index in [0.717, 1.165) is 31.0 Å². The number of nitrogens with zero attached hydrogens (tertiary/aromatic N) is 1. The van der Waals surface area contributed by atoms with Crippen LogP contribution >= 0.6 is 0 Å². The van der Waals surface area contributed by atoms with Crippen molar-refractivity contribution in [3.63, 3.8) is 0 Å². The highest BCUT2D eigenvalue weighted by Gasteiger charge is 2.28. The summed E-state index contributed by atoms with van der Waals surface area (Å²) in [5, 5.41) is 8.76. The van der Waals surface area contributed by atoms with Crippen molar-refractivity contribution >= 4 is 10.0 Å². The highest BCUT2D eigenvalue weighted by Crippen LogP contribution is 2.23. The number of sulfonamides is 1. The zero-order valence-electron chi connectivity index (χ0n) is 11.7. The Bertz CT molecular complexity index is 655. The molecule has 7 heteroatoms. The average molecular weight is 312 g/mol. The normalized spacial score (nSPS) is 22.1. The van der Waals surface area contributed by atoms with Gasteiger partial charge in [0.15, 0.2) is 0 Å². The minimum Gasteiger partial charge on any atom is -0.378 e. The number of hydrogen-bond acceptors (Lipinski definition) is 4. The lowest BCUT2D eigenvalue weighted by molar-refractivity contribution is 0.0884. The summed E-state index contributed by atoms with van der Waals surface area (Å²) >= 11 is 0. The standard InChI is InChI=1S/C14H17FN2O3S/c1-2-14-10(5-6-20-14)9-17-21(18,19)12-3-4-13(15)11(7-12)8-16/h3-4,7,10,14,17H,2,5-6,9H2,1H3. The molecule has 1 fully saturated rings. The molecule has 0 bridgehead atoms. The van der Waals surface area contributed by atoms with Gasteiger partial charge in [0.1, 0.15) is 11.9 Å². The van der Waals surface area contributed by atoms with Crippen LogP contribution < -0.4 is 4.72 Å². The monoisotopic (exact) mass is 312 g/mol. The number of benzene rings is 1. The van der Waals surface area contributed by atoms with Crippen molar-refractivity contribution in [3.8, 4) is 6.07 Å². The van der Waals surface area contributed by atoms with Gasteiger partial charge in [-0.2, -0.15) is 5.26 Å². The first-order valence-electron chi connectivity index (χ1n) is 6.79. The molecule has 0 amide bonds. The second-order valence-electron chi connectivity index (χ2n) is 4.97. The molecule has 0 saturated carbocycles. The summed E-state index contributed by atoms with van der Waals surface area (Å²) in [4.78, 5) is -0.104. The molecule has 114 valence electrons. The molecule has 2 atom stereocenters. The summed E-state index contributed by atoms with van der Waals surface area (Å²) in [5.74, 6) is -0.590. The zero-order chi connectivity index (χ0) is 15.5. The van der Waals surface area contributed by atoms with Crippen molar-refractivity contribution in [2.45, 2.75) is 30.8 Å². The lowest BCUT2D eigenvalue weighted by atomic mass is 10.0. The molecule has 2 unspecified atom stereocenters. The largest absolute Gasteiger partial charge is 0.378 e. The summed E-state index contributed by atoms with van der Waals surface area (Å²) in [6.07, 6.45) is 1.71. The fraction of sp³-hybridized carbons (Fsp3) is 0.500. The van der Waals surface area contributed by atoms with E-state index in [0.29, 0.717) is 6.61 Å². The van der Waals surface area contributed by atoms with E-state index in [1.54, 1.807) is 6.07 Å². The van der Waals surface area contributed by atoms with Gasteiger partial charge in [-0.3, -0.25) is 0 Å². The summed E-state index contributed by atoms with van der Waals surface area (Å²) < 4.78 is 45.6. The molecule has 0 spiro atoms. The van der Waals surface area contributed by atoms with Crippen LogP contribution in [0, 0.1) is 23.1 Å². The molecule has 0 radical (unpaired) electrons. The van der Waals surface area contributed by atoms with Crippen LogP contribution in [-0.4, -0.2) is 27.7 Å². The van der Waals surface area contributed by atoms with E-state index in [4.69, 9.17) is 10.00 Å². The molecule has 1 aromatic carbocycles. The molecule has 1 aliphatic heterocycles. The first-order valence-corrected chi connectivity index (χ1v) is 8.27. The van der Waals surface area contributed by atoms with Gasteiger partial charge in [0.05, 0.1) is 16.6 Å². The minimum atomic E-state index is -3.75. The van der Waals surface area contributed by atoms with Crippen molar-refractivity contribution in [1.82, 2.24) is 4.72 Å². The number of hydrogen-bond donors (Lipinski definition) is 1. The van der Waals surface area contributed by atoms with Crippen LogP contribution in [0.25, 0.3) is 0 Å². The lowest BCUT2D eigenvalue weighted by Crippen LogP contribution is -2.32. The quantitative estimate of drug-likeness (QED) is 0.899. The van der Waals surface area contributed by atoms with Gasteiger partial charge in [-0.1, -0.05) is 6.92 Å². The number of rotatable bonds is 5. The van der Waals surface area contributed by atoms with E-state index in [9.17, 15) is 12.8 Å². The van der Waals surface area contributed by atoms with E-state index >= 15 is 0 Å². The number of halogens is 1. The van der Waals surface area contributed by atoms with Crippen LogP contribution in [-0.2, 0) is 14.8 Å². The molecular weight excluding hydrogens is 295 g/mol. The fourth-order valence-electron chi connectivity index (χ4n) is 2.43. The van der Waals surface area contributed by atoms with Crippen LogP contribution in [0.1, 0.15) is 25.3 Å². The first kappa shape index (κ1) is 15.9. The van der Waals surface area contributed by atoms with Gasteiger partial charge >= 0.3 is 0 Å². The highest BCUT2D eigenvalue weighted by molar-refractivity contribution is 7.89. The van der Waals surface area contributed by atoms with Crippen molar-refractivity contribution in [3.05, 3.63) is 29.6 Å². The Balaban J connectivity index is 2.10. The molecule has 1 aliphatic rings. The van der Waals surface area contributed by atoms with Gasteiger partial charge in [-0.25, -0.2) is 17.5 Å². The maximum absolute atomic E-state index is 13.2. The summed E-state index contributed by atoms with van der Waals surface area (Å²) in [6, 6.07) is 4.82. The third-order valence-electron chi connectivity index (χ3n) is 3.65. The number of nitriles is 1. The fourth-order valence-corrected chi connectivity index (χ4v) is 3.56. The van der Waals surface area contributed by atoms with E-state index in [2.05, 4.69) is 4.72 Å². The molecule has 21 heavy (non-hydrogen) atoms. The Morgan fingerprint density at radius 2 is 2.29 bits per heavy atom. The molecule has 2 rings (SSSR count). The first-order chi connectivity index (χ1) is 9.97. The van der Waals surface area contributed by atoms with E-state index in [1.165, 1.54) is 0 Å². The predicted octanol–water partition coefficient (Wildman–Crippen LogP) is 1.79. The highest BCUT2D eigenvalue weighted by atomic mass is 32.2. The summed E-state index contributed by atoms with van der Waals surface area (Å²) in [5.41, 5.74) is -0.284. The maximum atomic E-state index is 13.2. The van der Waals surface area contributed by atoms with Gasteiger partial charge in [-0.15, -0.1) is 0 Å². The molecule has 1 N–H and O–H groups in total. The van der Waals surface area contributed by atoms with Crippen LogP contribution in [0.2, 0.25) is 0 Å². The molecule has 1 aromatic rings. The molecule has 0 aliphatic carbocycles. The van der Waals surface area contributed by atoms with Crippen LogP contribution in [0.4, 0.5) is 4.39 Å². The molecule has 1 heterocycles. The van der Waals surface area contributed by atoms with Crippen molar-refractivity contribution in [2.75, 3.05) is 13.2 Å². The van der Waals surface area contributed by atoms with Crippen molar-refractivity contribution in [1.29, 1.82) is 5.26 Å². The Hall–Kier alpha value is -1.49. The second-order valence-corrected chi connectivity index (χ2v) is 6.74. The van der Waals surface area contributed by atoms with Gasteiger partial charge in [0, 0.05) is 19.1 Å². The van der Waals surface area contributed by atoms with Crippen molar-refractivity contribution < 1.29 is 17.5 Å². The molecule has 0 aromatic heterocycles.